The molecule has 1 amide bonds. The first kappa shape index (κ1) is 22.3. The van der Waals surface area contributed by atoms with Crippen LogP contribution in [0.4, 0.5) is 5.13 Å². The quantitative estimate of drug-likeness (QED) is 0.594. The van der Waals surface area contributed by atoms with Crippen LogP contribution in [0.5, 0.6) is 0 Å². The van der Waals surface area contributed by atoms with Crippen LogP contribution >= 0.6 is 11.3 Å². The van der Waals surface area contributed by atoms with Crippen LogP contribution in [-0.2, 0) is 20.7 Å². The number of anilines is 1. The summed E-state index contributed by atoms with van der Waals surface area (Å²) in [5.41, 5.74) is 2.63. The van der Waals surface area contributed by atoms with Gasteiger partial charge in [0.2, 0.25) is 5.13 Å². The highest BCUT2D eigenvalue weighted by Crippen LogP contribution is 2.48. The zero-order valence-corrected chi connectivity index (χ0v) is 20.5. The van der Waals surface area contributed by atoms with Crippen molar-refractivity contribution in [1.29, 1.82) is 0 Å². The fourth-order valence-corrected chi connectivity index (χ4v) is 6.27. The molecule has 0 bridgehead atoms. The summed E-state index contributed by atoms with van der Waals surface area (Å²) in [5.74, 6) is 0.711. The summed E-state index contributed by atoms with van der Waals surface area (Å²) in [6.45, 7) is 8.58. The van der Waals surface area contributed by atoms with E-state index >= 15 is 0 Å². The molecule has 0 radical (unpaired) electrons. The third-order valence-electron chi connectivity index (χ3n) is 6.93. The van der Waals surface area contributed by atoms with E-state index in [1.165, 1.54) is 16.9 Å². The van der Waals surface area contributed by atoms with Crippen molar-refractivity contribution in [1.82, 2.24) is 10.2 Å². The number of aromatic nitrogens is 2. The zero-order valence-electron chi connectivity index (χ0n) is 19.7. The van der Waals surface area contributed by atoms with Crippen molar-refractivity contribution in [2.75, 3.05) is 4.90 Å². The number of Topliss-reactive ketones (excluding diaryl/α,β-unsaturated/α-hetero) is 1. The number of hydrogen-bond acceptors (Lipinski definition) is 6. The Morgan fingerprint density at radius 2 is 1.79 bits per heavy atom. The first-order chi connectivity index (χ1) is 15.8. The monoisotopic (exact) mass is 465 g/mol. The molecule has 0 N–H and O–H groups in total. The zero-order chi connectivity index (χ0) is 23.3. The predicted octanol–water partition coefficient (Wildman–Crippen LogP) is 5.36. The van der Waals surface area contributed by atoms with Crippen molar-refractivity contribution in [2.24, 2.45) is 11.8 Å². The Hall–Kier alpha value is -2.54. The molecule has 174 valence electrons. The molecule has 1 aliphatic carbocycles. The van der Waals surface area contributed by atoms with E-state index in [1.807, 2.05) is 12.1 Å². The topological polar surface area (TPSA) is 72.4 Å². The molecule has 1 aromatic carbocycles. The van der Waals surface area contributed by atoms with Gasteiger partial charge >= 0.3 is 0 Å². The maximum Gasteiger partial charge on any atom is 0.296 e. The number of benzene rings is 1. The summed E-state index contributed by atoms with van der Waals surface area (Å²) < 4.78 is 6.26. The smallest absolute Gasteiger partial charge is 0.296 e. The number of nitrogens with zero attached hydrogens (tertiary/aromatic N) is 3. The van der Waals surface area contributed by atoms with Gasteiger partial charge in [0, 0.05) is 6.42 Å². The van der Waals surface area contributed by atoms with Gasteiger partial charge in [-0.15, -0.1) is 10.2 Å². The van der Waals surface area contributed by atoms with Gasteiger partial charge in [-0.1, -0.05) is 69.7 Å². The molecule has 3 atom stereocenters. The van der Waals surface area contributed by atoms with E-state index in [2.05, 4.69) is 50.0 Å². The van der Waals surface area contributed by atoms with Crippen LogP contribution < -0.4 is 4.90 Å². The van der Waals surface area contributed by atoms with E-state index < -0.39 is 6.04 Å². The second-order valence-corrected chi connectivity index (χ2v) is 11.2. The third-order valence-corrected chi connectivity index (χ3v) is 7.87. The number of amides is 1. The summed E-state index contributed by atoms with van der Waals surface area (Å²) in [6.07, 6.45) is 4.32. The summed E-state index contributed by atoms with van der Waals surface area (Å²) in [6, 6.07) is 7.72. The van der Waals surface area contributed by atoms with Crippen LogP contribution in [-0.4, -0.2) is 28.0 Å². The van der Waals surface area contributed by atoms with Crippen molar-refractivity contribution < 1.29 is 14.3 Å². The highest BCUT2D eigenvalue weighted by Gasteiger charge is 2.53. The van der Waals surface area contributed by atoms with Crippen molar-refractivity contribution in [3.05, 3.63) is 51.7 Å². The van der Waals surface area contributed by atoms with Crippen molar-refractivity contribution in [3.8, 4) is 0 Å². The summed E-state index contributed by atoms with van der Waals surface area (Å²) in [5, 5.41) is 10.1. The fourth-order valence-electron chi connectivity index (χ4n) is 5.19. The average Bonchev–Trinajstić information content (AvgIpc) is 3.36. The number of ketones is 1. The number of ether oxygens (including phenoxy) is 1. The molecule has 2 aliphatic heterocycles. The van der Waals surface area contributed by atoms with Gasteiger partial charge in [0.25, 0.3) is 5.91 Å². The predicted molar refractivity (Wildman–Crippen MR) is 128 cm³/mol. The first-order valence-corrected chi connectivity index (χ1v) is 12.9. The standard InChI is InChI=1S/C26H31N3O3S/c1-14(2)13-20-27-28-26(33-20)29-22(17-11-9-16(10-12-17)15(3)4)21-23(30)18-7-5-6-8-19(18)32-24(21)25(29)31/h9-12,14-15,18-19,22H,5-8,13H2,1-4H3. The minimum atomic E-state index is -0.524. The maximum atomic E-state index is 13.7. The molecule has 33 heavy (non-hydrogen) atoms. The number of carbonyl (C=O) groups is 2. The fraction of sp³-hybridized carbons (Fsp3) is 0.538. The third kappa shape index (κ3) is 3.90. The Bertz CT molecular complexity index is 1100. The molecule has 5 rings (SSSR count). The summed E-state index contributed by atoms with van der Waals surface area (Å²) >= 11 is 1.43. The van der Waals surface area contributed by atoms with Crippen LogP contribution in [0.15, 0.2) is 35.6 Å². The molecular formula is C26H31N3O3S. The minimum absolute atomic E-state index is 0.0710. The van der Waals surface area contributed by atoms with Crippen LogP contribution in [0.2, 0.25) is 0 Å². The van der Waals surface area contributed by atoms with Gasteiger partial charge in [0.1, 0.15) is 11.1 Å². The molecule has 1 aromatic heterocycles. The average molecular weight is 466 g/mol. The van der Waals surface area contributed by atoms with Crippen LogP contribution in [0.25, 0.3) is 0 Å². The lowest BCUT2D eigenvalue weighted by Gasteiger charge is -2.35. The van der Waals surface area contributed by atoms with Gasteiger partial charge in [-0.3, -0.25) is 14.5 Å². The van der Waals surface area contributed by atoms with E-state index in [-0.39, 0.29) is 29.5 Å². The van der Waals surface area contributed by atoms with E-state index in [9.17, 15) is 9.59 Å². The lowest BCUT2D eigenvalue weighted by atomic mass is 9.77. The SMILES string of the molecule is CC(C)Cc1nnc(N2C(=O)C3=C(C(=O)C4CCCCC4O3)C2c2ccc(C(C)C)cc2)s1. The van der Waals surface area contributed by atoms with Gasteiger partial charge in [-0.2, -0.15) is 0 Å². The normalized spacial score (nSPS) is 25.0. The molecule has 1 fully saturated rings. The van der Waals surface area contributed by atoms with Crippen LogP contribution in [0.3, 0.4) is 0 Å². The van der Waals surface area contributed by atoms with Gasteiger partial charge in [0.15, 0.2) is 11.5 Å². The Morgan fingerprint density at radius 1 is 1.06 bits per heavy atom. The lowest BCUT2D eigenvalue weighted by Crippen LogP contribution is -2.39. The van der Waals surface area contributed by atoms with Gasteiger partial charge in [-0.05, 0) is 42.2 Å². The molecular weight excluding hydrogens is 434 g/mol. The minimum Gasteiger partial charge on any atom is -0.483 e. The molecule has 6 nitrogen and oxygen atoms in total. The number of rotatable bonds is 5. The van der Waals surface area contributed by atoms with Gasteiger partial charge < -0.3 is 4.74 Å². The second-order valence-electron chi connectivity index (χ2n) is 10.1. The largest absolute Gasteiger partial charge is 0.483 e. The Balaban J connectivity index is 1.59. The molecule has 3 unspecified atom stereocenters. The second kappa shape index (κ2) is 8.67. The molecule has 7 heteroatoms. The summed E-state index contributed by atoms with van der Waals surface area (Å²) in [4.78, 5) is 29.0. The van der Waals surface area contributed by atoms with E-state index in [1.54, 1.807) is 4.90 Å². The highest BCUT2D eigenvalue weighted by molar-refractivity contribution is 7.15. The molecule has 0 saturated heterocycles. The van der Waals surface area contributed by atoms with E-state index in [4.69, 9.17) is 4.74 Å². The Labute approximate surface area is 199 Å². The molecule has 3 heterocycles. The van der Waals surface area contributed by atoms with Crippen molar-refractivity contribution >= 4 is 28.2 Å². The van der Waals surface area contributed by atoms with Crippen molar-refractivity contribution in [3.63, 3.8) is 0 Å². The number of fused-ring (bicyclic) bond motifs is 1. The number of hydrogen-bond donors (Lipinski definition) is 0. The van der Waals surface area contributed by atoms with E-state index in [0.29, 0.717) is 22.5 Å². The lowest BCUT2D eigenvalue weighted by molar-refractivity contribution is -0.131. The van der Waals surface area contributed by atoms with E-state index in [0.717, 1.165) is 42.7 Å². The van der Waals surface area contributed by atoms with Crippen molar-refractivity contribution in [2.45, 2.75) is 77.9 Å². The van der Waals surface area contributed by atoms with Gasteiger partial charge in [-0.25, -0.2) is 0 Å². The maximum absolute atomic E-state index is 13.7. The Morgan fingerprint density at radius 3 is 2.48 bits per heavy atom. The number of carbonyl (C=O) groups excluding carboxylic acids is 2. The molecule has 1 saturated carbocycles. The Kier molecular flexibility index (Phi) is 5.85. The molecule has 2 aromatic rings. The van der Waals surface area contributed by atoms with Gasteiger partial charge in [0.05, 0.1) is 17.5 Å². The first-order valence-electron chi connectivity index (χ1n) is 12.1. The molecule has 3 aliphatic rings. The van der Waals surface area contributed by atoms with Crippen LogP contribution in [0, 0.1) is 11.8 Å². The van der Waals surface area contributed by atoms with Crippen LogP contribution in [0.1, 0.15) is 81.5 Å². The molecule has 0 spiro atoms. The highest BCUT2D eigenvalue weighted by atomic mass is 32.1. The summed E-state index contributed by atoms with van der Waals surface area (Å²) in [7, 11) is 0.